The van der Waals surface area contributed by atoms with Crippen molar-refractivity contribution in [3.8, 4) is 0 Å². The molecular weight excluding hydrogens is 697 g/mol. The van der Waals surface area contributed by atoms with Crippen LogP contribution in [0.15, 0.2) is 102 Å². The third-order valence-electron chi connectivity index (χ3n) is 8.36. The highest BCUT2D eigenvalue weighted by Crippen LogP contribution is 2.37. The molecule has 52 heavy (non-hydrogen) atoms. The smallest absolute Gasteiger partial charge is 0.417 e. The molecule has 0 radical (unpaired) electrons. The summed E-state index contributed by atoms with van der Waals surface area (Å²) in [5, 5.41) is 10.0. The summed E-state index contributed by atoms with van der Waals surface area (Å²) in [5.41, 5.74) is 0.755. The SMILES string of the molecule is C=C/C=C\C.CO.O=C(Nc1ccc(N2CCN(C(=O)Cc3ccccc3)CC2)nc1)c1oc(N2CCC(c3cccc(Cl)c3)C2)nc1C(F)(F)F. The molecule has 2 aliphatic heterocycles. The van der Waals surface area contributed by atoms with Gasteiger partial charge in [-0.2, -0.15) is 18.2 Å². The van der Waals surface area contributed by atoms with Crippen molar-refractivity contribution in [1.82, 2.24) is 14.9 Å². The normalized spacial score (nSPS) is 15.8. The molecule has 1 unspecified atom stereocenters. The Morgan fingerprint density at radius 1 is 1.02 bits per heavy atom. The number of carbonyl (C=O) groups is 2. The third-order valence-corrected chi connectivity index (χ3v) is 8.59. The number of aliphatic hydroxyl groups is 1. The van der Waals surface area contributed by atoms with E-state index in [2.05, 4.69) is 21.9 Å². The summed E-state index contributed by atoms with van der Waals surface area (Å²) in [6, 6.07) is 19.9. The van der Waals surface area contributed by atoms with Gasteiger partial charge < -0.3 is 29.5 Å². The summed E-state index contributed by atoms with van der Waals surface area (Å²) >= 11 is 6.11. The molecule has 0 spiro atoms. The van der Waals surface area contributed by atoms with E-state index in [0.717, 1.165) is 18.2 Å². The Morgan fingerprint density at radius 3 is 2.35 bits per heavy atom. The van der Waals surface area contributed by atoms with Crippen molar-refractivity contribution in [2.45, 2.75) is 31.9 Å². The first-order chi connectivity index (χ1) is 25.0. The number of alkyl halides is 3. The predicted molar refractivity (Wildman–Crippen MR) is 197 cm³/mol. The van der Waals surface area contributed by atoms with Gasteiger partial charge in [0.05, 0.1) is 18.3 Å². The number of anilines is 3. The number of rotatable bonds is 8. The number of pyridine rings is 1. The van der Waals surface area contributed by atoms with Crippen molar-refractivity contribution in [3.63, 3.8) is 0 Å². The first-order valence-electron chi connectivity index (χ1n) is 16.7. The van der Waals surface area contributed by atoms with Crippen LogP contribution in [0.4, 0.5) is 30.7 Å². The van der Waals surface area contributed by atoms with E-state index >= 15 is 0 Å². The molecule has 2 aliphatic rings. The van der Waals surface area contributed by atoms with Gasteiger partial charge in [0.25, 0.3) is 11.9 Å². The van der Waals surface area contributed by atoms with Gasteiger partial charge in [-0.15, -0.1) is 0 Å². The maximum Gasteiger partial charge on any atom is 0.437 e. The first kappa shape index (κ1) is 39.6. The number of piperazine rings is 1. The van der Waals surface area contributed by atoms with Crippen LogP contribution in [-0.2, 0) is 17.4 Å². The second-order valence-electron chi connectivity index (χ2n) is 11.8. The van der Waals surface area contributed by atoms with Crippen LogP contribution < -0.4 is 15.1 Å². The Labute approximate surface area is 306 Å². The number of oxazole rings is 1. The van der Waals surface area contributed by atoms with Crippen LogP contribution in [0.2, 0.25) is 5.02 Å². The van der Waals surface area contributed by atoms with Gasteiger partial charge in [-0.25, -0.2) is 4.98 Å². The van der Waals surface area contributed by atoms with Gasteiger partial charge in [0, 0.05) is 57.3 Å². The average Bonchev–Trinajstić information content (AvgIpc) is 3.83. The van der Waals surface area contributed by atoms with Crippen molar-refractivity contribution >= 4 is 40.9 Å². The Kier molecular flexibility index (Phi) is 14.4. The number of nitrogens with zero attached hydrogens (tertiary/aromatic N) is 5. The topological polar surface area (TPSA) is 115 Å². The monoisotopic (exact) mass is 738 g/mol. The number of amides is 2. The summed E-state index contributed by atoms with van der Waals surface area (Å²) in [7, 11) is 1.00. The van der Waals surface area contributed by atoms with E-state index in [-0.39, 0.29) is 23.5 Å². The van der Waals surface area contributed by atoms with Gasteiger partial charge in [-0.05, 0) is 48.7 Å². The number of hydrogen-bond acceptors (Lipinski definition) is 8. The molecule has 2 N–H and O–H groups in total. The summed E-state index contributed by atoms with van der Waals surface area (Å²) in [4.78, 5) is 39.2. The minimum Gasteiger partial charge on any atom is -0.417 e. The van der Waals surface area contributed by atoms with Gasteiger partial charge in [0.1, 0.15) is 5.82 Å². The Hall–Kier alpha value is -5.14. The molecule has 2 aromatic carbocycles. The zero-order valence-electron chi connectivity index (χ0n) is 29.0. The molecule has 2 aromatic heterocycles. The average molecular weight is 739 g/mol. The first-order valence-corrected chi connectivity index (χ1v) is 17.0. The molecule has 14 heteroatoms. The van der Waals surface area contributed by atoms with Gasteiger partial charge >= 0.3 is 6.18 Å². The standard InChI is InChI=1S/C32H30ClF3N6O3.C5H8.CH4O/c33-24-8-4-7-22(18-24)23-11-12-42(20-23)31-39-29(32(34,35)36)28(45-31)30(44)38-25-9-10-26(37-19-25)40-13-15-41(16-14-40)27(43)17-21-5-2-1-3-6-21;1-3-5-4-2;1-2/h1-10,18-19,23H,11-17,20H2,(H,38,44);3-5H,1H2,2H3;2H,1H3/b;5-4-;. The highest BCUT2D eigenvalue weighted by atomic mass is 35.5. The van der Waals surface area contributed by atoms with E-state index in [4.69, 9.17) is 21.1 Å². The van der Waals surface area contributed by atoms with Crippen molar-refractivity contribution < 1.29 is 32.3 Å². The van der Waals surface area contributed by atoms with E-state index in [0.29, 0.717) is 63.0 Å². The molecule has 2 fully saturated rings. The Bertz CT molecular complexity index is 1790. The van der Waals surface area contributed by atoms with Crippen molar-refractivity contribution in [2.24, 2.45) is 0 Å². The minimum atomic E-state index is -4.90. The summed E-state index contributed by atoms with van der Waals surface area (Å²) in [6.07, 6.45) is 3.07. The number of aliphatic hydroxyl groups excluding tert-OH is 1. The highest BCUT2D eigenvalue weighted by molar-refractivity contribution is 6.30. The number of carbonyl (C=O) groups excluding carboxylic acids is 2. The maximum absolute atomic E-state index is 13.9. The minimum absolute atomic E-state index is 0.0320. The molecule has 4 heterocycles. The van der Waals surface area contributed by atoms with Crippen LogP contribution >= 0.6 is 11.6 Å². The summed E-state index contributed by atoms with van der Waals surface area (Å²) < 4.78 is 47.2. The quantitative estimate of drug-likeness (QED) is 0.182. The molecule has 0 saturated carbocycles. The van der Waals surface area contributed by atoms with Crippen LogP contribution in [0.3, 0.4) is 0 Å². The molecule has 1 atom stereocenters. The lowest BCUT2D eigenvalue weighted by Crippen LogP contribution is -2.49. The number of allylic oxidation sites excluding steroid dienone is 3. The zero-order chi connectivity index (χ0) is 37.7. The van der Waals surface area contributed by atoms with E-state index in [1.54, 1.807) is 29.2 Å². The van der Waals surface area contributed by atoms with Gasteiger partial charge in [0.2, 0.25) is 11.7 Å². The van der Waals surface area contributed by atoms with Crippen molar-refractivity contribution in [3.05, 3.63) is 125 Å². The fourth-order valence-electron chi connectivity index (χ4n) is 5.79. The van der Waals surface area contributed by atoms with Crippen molar-refractivity contribution in [2.75, 3.05) is 61.5 Å². The number of hydrogen-bond donors (Lipinski definition) is 2. The molecule has 4 aromatic rings. The van der Waals surface area contributed by atoms with Gasteiger partial charge in [-0.3, -0.25) is 9.59 Å². The third kappa shape index (κ3) is 10.7. The number of benzene rings is 2. The van der Waals surface area contributed by atoms with Crippen LogP contribution in [0.25, 0.3) is 0 Å². The lowest BCUT2D eigenvalue weighted by atomic mass is 9.99. The molecular formula is C38H42ClF3N6O4. The molecule has 0 aliphatic carbocycles. The van der Waals surface area contributed by atoms with Crippen molar-refractivity contribution in [1.29, 1.82) is 0 Å². The van der Waals surface area contributed by atoms with E-state index in [1.807, 2.05) is 77.4 Å². The largest absolute Gasteiger partial charge is 0.437 e. The Balaban J connectivity index is 0.000000797. The van der Waals surface area contributed by atoms with Crippen LogP contribution in [0, 0.1) is 0 Å². The number of halogens is 4. The lowest BCUT2D eigenvalue weighted by molar-refractivity contribution is -0.141. The lowest BCUT2D eigenvalue weighted by Gasteiger charge is -2.35. The number of nitrogens with one attached hydrogen (secondary N) is 1. The fraction of sp³-hybridized carbons (Fsp3) is 0.316. The van der Waals surface area contributed by atoms with E-state index < -0.39 is 23.5 Å². The van der Waals surface area contributed by atoms with Crippen LogP contribution in [0.1, 0.15) is 46.6 Å². The predicted octanol–water partition coefficient (Wildman–Crippen LogP) is 7.24. The number of aromatic nitrogens is 2. The van der Waals surface area contributed by atoms with E-state index in [1.165, 1.54) is 6.20 Å². The molecule has 10 nitrogen and oxygen atoms in total. The molecule has 2 amide bonds. The van der Waals surface area contributed by atoms with Crippen LogP contribution in [-0.4, -0.2) is 78.2 Å². The Morgan fingerprint density at radius 2 is 1.75 bits per heavy atom. The van der Waals surface area contributed by atoms with Gasteiger partial charge in [-0.1, -0.05) is 78.9 Å². The second-order valence-corrected chi connectivity index (χ2v) is 12.2. The fourth-order valence-corrected chi connectivity index (χ4v) is 5.99. The highest BCUT2D eigenvalue weighted by Gasteiger charge is 2.42. The van der Waals surface area contributed by atoms with Gasteiger partial charge in [0.15, 0.2) is 5.69 Å². The molecule has 276 valence electrons. The zero-order valence-corrected chi connectivity index (χ0v) is 29.8. The molecule has 0 bridgehead atoms. The molecule has 6 rings (SSSR count). The second kappa shape index (κ2) is 18.9. The van der Waals surface area contributed by atoms with Crippen LogP contribution in [0.5, 0.6) is 0 Å². The van der Waals surface area contributed by atoms with E-state index in [9.17, 15) is 22.8 Å². The molecule has 2 saturated heterocycles. The summed E-state index contributed by atoms with van der Waals surface area (Å²) in [6.45, 7) is 8.44. The summed E-state index contributed by atoms with van der Waals surface area (Å²) in [5.74, 6) is -1.27. The maximum atomic E-state index is 13.9.